The van der Waals surface area contributed by atoms with Gasteiger partial charge in [-0.25, -0.2) is 4.63 Å². The average Bonchev–Trinajstić information content (AvgIpc) is 2.86. The summed E-state index contributed by atoms with van der Waals surface area (Å²) in [6.45, 7) is 2.32. The van der Waals surface area contributed by atoms with Crippen molar-refractivity contribution in [2.75, 3.05) is 11.1 Å². The molecule has 0 saturated heterocycles. The largest absolute Gasteiger partial charge is 0.397 e. The molecule has 0 aliphatic heterocycles. The van der Waals surface area contributed by atoms with Crippen molar-refractivity contribution in [3.63, 3.8) is 0 Å². The molecule has 2 aromatic rings. The van der Waals surface area contributed by atoms with Gasteiger partial charge in [-0.1, -0.05) is 6.92 Å². The Morgan fingerprint density at radius 3 is 2.67 bits per heavy atom. The summed E-state index contributed by atoms with van der Waals surface area (Å²) < 4.78 is 4.77. The van der Waals surface area contributed by atoms with E-state index in [1.54, 1.807) is 0 Å². The molecule has 5 heteroatoms. The van der Waals surface area contributed by atoms with E-state index in [0.29, 0.717) is 17.2 Å². The van der Waals surface area contributed by atoms with Gasteiger partial charge in [-0.15, -0.1) is 0 Å². The number of hydrogen-bond acceptors (Lipinski definition) is 5. The molecule has 0 spiro atoms. The van der Waals surface area contributed by atoms with Gasteiger partial charge in [0.2, 0.25) is 0 Å². The highest BCUT2D eigenvalue weighted by Crippen LogP contribution is 2.30. The zero-order valence-corrected chi connectivity index (χ0v) is 10.5. The maximum absolute atomic E-state index is 5.83. The molecule has 1 fully saturated rings. The summed E-state index contributed by atoms with van der Waals surface area (Å²) >= 11 is 0. The number of nitrogens with two attached hydrogens (primary N) is 1. The van der Waals surface area contributed by atoms with Gasteiger partial charge in [0.1, 0.15) is 0 Å². The zero-order chi connectivity index (χ0) is 12.5. The Labute approximate surface area is 106 Å². The van der Waals surface area contributed by atoms with Crippen molar-refractivity contribution in [1.29, 1.82) is 0 Å². The Morgan fingerprint density at radius 1 is 1.17 bits per heavy atom. The molecule has 5 nitrogen and oxygen atoms in total. The average molecular weight is 246 g/mol. The summed E-state index contributed by atoms with van der Waals surface area (Å²) in [4.78, 5) is 0. The lowest BCUT2D eigenvalue weighted by molar-refractivity contribution is 0.315. The van der Waals surface area contributed by atoms with Crippen molar-refractivity contribution in [3.05, 3.63) is 12.1 Å². The van der Waals surface area contributed by atoms with Crippen molar-refractivity contribution < 1.29 is 4.63 Å². The quantitative estimate of drug-likeness (QED) is 0.797. The lowest BCUT2D eigenvalue weighted by Gasteiger charge is -2.27. The van der Waals surface area contributed by atoms with Gasteiger partial charge in [0.05, 0.1) is 11.4 Å². The van der Waals surface area contributed by atoms with Crippen LogP contribution in [0.4, 0.5) is 11.4 Å². The molecule has 1 aromatic carbocycles. The number of aromatic nitrogens is 2. The van der Waals surface area contributed by atoms with E-state index in [1.165, 1.54) is 25.7 Å². The topological polar surface area (TPSA) is 77.0 Å². The van der Waals surface area contributed by atoms with E-state index >= 15 is 0 Å². The first-order valence-electron chi connectivity index (χ1n) is 6.51. The molecule has 18 heavy (non-hydrogen) atoms. The third kappa shape index (κ3) is 2.00. The van der Waals surface area contributed by atoms with Gasteiger partial charge in [0.15, 0.2) is 11.0 Å². The number of nitrogens with zero attached hydrogens (tertiary/aromatic N) is 2. The van der Waals surface area contributed by atoms with E-state index in [2.05, 4.69) is 22.6 Å². The summed E-state index contributed by atoms with van der Waals surface area (Å²) in [6, 6.07) is 4.32. The molecular formula is C13H18N4O. The number of nitrogen functional groups attached to an aromatic ring is 1. The third-order valence-corrected chi connectivity index (χ3v) is 3.82. The van der Waals surface area contributed by atoms with E-state index in [9.17, 15) is 0 Å². The first-order chi connectivity index (χ1) is 8.74. The number of nitrogens with one attached hydrogen (secondary N) is 1. The standard InChI is InChI=1S/C13H18N4O/c1-8-2-4-9(5-3-8)15-11-7-6-10(14)12-13(11)17-18-16-12/h6-9,15H,2-5,14H2,1H3. The Morgan fingerprint density at radius 2 is 1.89 bits per heavy atom. The number of rotatable bonds is 2. The minimum absolute atomic E-state index is 0.518. The predicted molar refractivity (Wildman–Crippen MR) is 71.3 cm³/mol. The highest BCUT2D eigenvalue weighted by atomic mass is 16.6. The molecular weight excluding hydrogens is 228 g/mol. The Kier molecular flexibility index (Phi) is 2.81. The van der Waals surface area contributed by atoms with Gasteiger partial charge >= 0.3 is 0 Å². The maximum atomic E-state index is 5.83. The molecule has 0 bridgehead atoms. The summed E-state index contributed by atoms with van der Waals surface area (Å²) in [5.41, 5.74) is 8.78. The van der Waals surface area contributed by atoms with E-state index in [0.717, 1.165) is 17.1 Å². The van der Waals surface area contributed by atoms with Crippen LogP contribution in [-0.4, -0.2) is 16.4 Å². The van der Waals surface area contributed by atoms with E-state index in [4.69, 9.17) is 10.4 Å². The molecule has 0 atom stereocenters. The van der Waals surface area contributed by atoms with Crippen LogP contribution in [0.1, 0.15) is 32.6 Å². The van der Waals surface area contributed by atoms with Crippen molar-refractivity contribution in [1.82, 2.24) is 10.3 Å². The highest BCUT2D eigenvalue weighted by Gasteiger charge is 2.19. The number of fused-ring (bicyclic) bond motifs is 1. The minimum atomic E-state index is 0.518. The van der Waals surface area contributed by atoms with Gasteiger partial charge in [-0.2, -0.15) is 0 Å². The van der Waals surface area contributed by atoms with Crippen LogP contribution in [0.25, 0.3) is 11.0 Å². The Hall–Kier alpha value is -1.78. The molecule has 3 rings (SSSR count). The number of anilines is 2. The first kappa shape index (κ1) is 11.3. The smallest absolute Gasteiger partial charge is 0.160 e. The maximum Gasteiger partial charge on any atom is 0.160 e. The van der Waals surface area contributed by atoms with E-state index in [-0.39, 0.29) is 0 Å². The van der Waals surface area contributed by atoms with Crippen LogP contribution in [0.2, 0.25) is 0 Å². The molecule has 3 N–H and O–H groups in total. The van der Waals surface area contributed by atoms with Crippen LogP contribution < -0.4 is 11.1 Å². The summed E-state index contributed by atoms with van der Waals surface area (Å²) in [6.07, 6.45) is 4.98. The number of benzene rings is 1. The van der Waals surface area contributed by atoms with Crippen LogP contribution in [0, 0.1) is 5.92 Å². The second-order valence-electron chi connectivity index (χ2n) is 5.26. The summed E-state index contributed by atoms with van der Waals surface area (Å²) in [7, 11) is 0. The fourth-order valence-electron chi connectivity index (χ4n) is 2.63. The van der Waals surface area contributed by atoms with Crippen LogP contribution in [0.15, 0.2) is 16.8 Å². The molecule has 1 aromatic heterocycles. The predicted octanol–water partition coefficient (Wildman–Crippen LogP) is 2.80. The minimum Gasteiger partial charge on any atom is -0.397 e. The molecule has 0 radical (unpaired) electrons. The monoisotopic (exact) mass is 246 g/mol. The molecule has 0 unspecified atom stereocenters. The van der Waals surface area contributed by atoms with Crippen molar-refractivity contribution in [2.24, 2.45) is 5.92 Å². The molecule has 1 saturated carbocycles. The lowest BCUT2D eigenvalue weighted by Crippen LogP contribution is -2.25. The molecule has 96 valence electrons. The summed E-state index contributed by atoms with van der Waals surface area (Å²) in [5, 5.41) is 11.3. The first-order valence-corrected chi connectivity index (χ1v) is 6.51. The van der Waals surface area contributed by atoms with Crippen LogP contribution in [0.5, 0.6) is 0 Å². The third-order valence-electron chi connectivity index (χ3n) is 3.82. The van der Waals surface area contributed by atoms with E-state index in [1.807, 2.05) is 12.1 Å². The molecule has 0 amide bonds. The van der Waals surface area contributed by atoms with Crippen LogP contribution in [0.3, 0.4) is 0 Å². The van der Waals surface area contributed by atoms with Gasteiger partial charge in [-0.05, 0) is 54.0 Å². The molecule has 1 aliphatic rings. The molecule has 1 aliphatic carbocycles. The fraction of sp³-hybridized carbons (Fsp3) is 0.538. The van der Waals surface area contributed by atoms with E-state index < -0.39 is 0 Å². The fourth-order valence-corrected chi connectivity index (χ4v) is 2.63. The van der Waals surface area contributed by atoms with Crippen molar-refractivity contribution >= 4 is 22.4 Å². The van der Waals surface area contributed by atoms with Crippen LogP contribution in [-0.2, 0) is 0 Å². The van der Waals surface area contributed by atoms with Gasteiger partial charge in [0, 0.05) is 6.04 Å². The van der Waals surface area contributed by atoms with Gasteiger partial charge < -0.3 is 11.1 Å². The second-order valence-corrected chi connectivity index (χ2v) is 5.26. The number of hydrogen-bond donors (Lipinski definition) is 2. The Bertz CT molecular complexity index is 543. The van der Waals surface area contributed by atoms with Crippen molar-refractivity contribution in [2.45, 2.75) is 38.6 Å². The normalized spacial score (nSPS) is 24.3. The second kappa shape index (κ2) is 4.48. The summed E-state index contributed by atoms with van der Waals surface area (Å²) in [5.74, 6) is 0.850. The lowest BCUT2D eigenvalue weighted by atomic mass is 9.87. The molecule has 1 heterocycles. The van der Waals surface area contributed by atoms with Gasteiger partial charge in [-0.3, -0.25) is 0 Å². The van der Waals surface area contributed by atoms with Gasteiger partial charge in [0.25, 0.3) is 0 Å². The highest BCUT2D eigenvalue weighted by molar-refractivity contribution is 5.95. The Balaban J connectivity index is 1.82. The van der Waals surface area contributed by atoms with Crippen LogP contribution >= 0.6 is 0 Å². The zero-order valence-electron chi connectivity index (χ0n) is 10.5. The SMILES string of the molecule is CC1CCC(Nc2ccc(N)c3nonc23)CC1. The van der Waals surface area contributed by atoms with Crippen molar-refractivity contribution in [3.8, 4) is 0 Å².